The van der Waals surface area contributed by atoms with Crippen molar-refractivity contribution < 1.29 is 14.3 Å². The number of hydrogen-bond acceptors (Lipinski definition) is 3. The summed E-state index contributed by atoms with van der Waals surface area (Å²) >= 11 is 0. The van der Waals surface area contributed by atoms with Crippen molar-refractivity contribution in [2.45, 2.75) is 64.1 Å². The zero-order chi connectivity index (χ0) is 11.7. The quantitative estimate of drug-likeness (QED) is 0.744. The van der Waals surface area contributed by atoms with Crippen LogP contribution in [0, 0.1) is 0 Å². The van der Waals surface area contributed by atoms with Crippen molar-refractivity contribution in [1.29, 1.82) is 0 Å². The number of aliphatic hydroxyl groups excluding tert-OH is 1. The highest BCUT2D eigenvalue weighted by atomic mass is 28.4. The van der Waals surface area contributed by atoms with E-state index in [-0.39, 0.29) is 11.1 Å². The molecule has 0 aromatic carbocycles. The summed E-state index contributed by atoms with van der Waals surface area (Å²) in [6, 6.07) is 0. The fraction of sp³-hybridized carbons (Fsp3) is 1.00. The van der Waals surface area contributed by atoms with Crippen LogP contribution in [-0.4, -0.2) is 32.4 Å². The summed E-state index contributed by atoms with van der Waals surface area (Å²) < 4.78 is 11.3. The van der Waals surface area contributed by atoms with E-state index in [9.17, 15) is 5.11 Å². The van der Waals surface area contributed by atoms with Gasteiger partial charge in [-0.1, -0.05) is 20.8 Å². The van der Waals surface area contributed by atoms with Gasteiger partial charge in [0.2, 0.25) is 0 Å². The van der Waals surface area contributed by atoms with Gasteiger partial charge in [-0.25, -0.2) is 0 Å². The Hall–Kier alpha value is 0.0969. The molecule has 1 fully saturated rings. The van der Waals surface area contributed by atoms with Gasteiger partial charge in [-0.05, 0) is 31.0 Å². The van der Waals surface area contributed by atoms with Crippen LogP contribution in [0.4, 0.5) is 0 Å². The Bertz CT molecular complexity index is 210. The molecule has 1 N–H and O–H groups in total. The molecule has 0 bridgehead atoms. The molecule has 1 heterocycles. The summed E-state index contributed by atoms with van der Waals surface area (Å²) in [5.41, 5.74) is 0. The van der Waals surface area contributed by atoms with Crippen molar-refractivity contribution in [2.75, 3.05) is 6.61 Å². The Balaban J connectivity index is 2.59. The van der Waals surface area contributed by atoms with Gasteiger partial charge in [0.1, 0.15) is 0 Å². The summed E-state index contributed by atoms with van der Waals surface area (Å²) in [6.45, 7) is 11.7. The van der Waals surface area contributed by atoms with Crippen molar-refractivity contribution in [3.63, 3.8) is 0 Å². The second kappa shape index (κ2) is 4.53. The molecule has 1 aliphatic heterocycles. The van der Waals surface area contributed by atoms with Crippen molar-refractivity contribution in [2.24, 2.45) is 0 Å². The van der Waals surface area contributed by atoms with Gasteiger partial charge in [0.05, 0.1) is 6.10 Å². The van der Waals surface area contributed by atoms with Gasteiger partial charge >= 0.3 is 0 Å². The third kappa shape index (κ3) is 3.28. The van der Waals surface area contributed by atoms with E-state index in [0.717, 1.165) is 12.8 Å². The number of ether oxygens (including phenoxy) is 1. The molecular weight excluding hydrogens is 208 g/mol. The predicted molar refractivity (Wildman–Crippen MR) is 63.3 cm³/mol. The Morgan fingerprint density at radius 1 is 1.33 bits per heavy atom. The summed E-state index contributed by atoms with van der Waals surface area (Å²) in [7, 11) is -1.77. The van der Waals surface area contributed by atoms with Gasteiger partial charge in [0.15, 0.2) is 14.6 Å². The van der Waals surface area contributed by atoms with E-state index in [1.807, 2.05) is 0 Å². The maximum Gasteiger partial charge on any atom is 0.192 e. The van der Waals surface area contributed by atoms with Crippen LogP contribution >= 0.6 is 0 Å². The highest BCUT2D eigenvalue weighted by Crippen LogP contribution is 2.38. The molecule has 0 spiro atoms. The number of hydrogen-bond donors (Lipinski definition) is 1. The molecule has 0 saturated carbocycles. The van der Waals surface area contributed by atoms with Gasteiger partial charge in [0, 0.05) is 6.61 Å². The van der Waals surface area contributed by atoms with E-state index >= 15 is 0 Å². The minimum absolute atomic E-state index is 0.125. The summed E-state index contributed by atoms with van der Waals surface area (Å²) in [5.74, 6) is 0. The Labute approximate surface area is 93.9 Å². The summed E-state index contributed by atoms with van der Waals surface area (Å²) in [6.07, 6.45) is 1.04. The van der Waals surface area contributed by atoms with Crippen LogP contribution in [0.2, 0.25) is 18.1 Å². The minimum atomic E-state index is -1.77. The lowest BCUT2D eigenvalue weighted by atomic mass is 10.1. The topological polar surface area (TPSA) is 38.7 Å². The van der Waals surface area contributed by atoms with Crippen LogP contribution in [0.3, 0.4) is 0 Å². The normalized spacial score (nSPS) is 29.2. The van der Waals surface area contributed by atoms with E-state index in [0.29, 0.717) is 6.61 Å². The molecule has 4 heteroatoms. The molecule has 1 rings (SSSR count). The maximum atomic E-state index is 9.67. The van der Waals surface area contributed by atoms with Gasteiger partial charge < -0.3 is 14.3 Å². The number of aliphatic hydroxyl groups is 1. The first-order chi connectivity index (χ1) is 6.74. The number of rotatable bonds is 2. The van der Waals surface area contributed by atoms with E-state index in [1.54, 1.807) is 0 Å². The minimum Gasteiger partial charge on any atom is -0.409 e. The van der Waals surface area contributed by atoms with Crippen molar-refractivity contribution in [1.82, 2.24) is 0 Å². The first-order valence-corrected chi connectivity index (χ1v) is 8.62. The third-order valence-electron chi connectivity index (χ3n) is 3.49. The van der Waals surface area contributed by atoms with Crippen molar-refractivity contribution in [3.05, 3.63) is 0 Å². The third-order valence-corrected chi connectivity index (χ3v) is 8.00. The van der Waals surface area contributed by atoms with E-state index in [1.165, 1.54) is 0 Å². The maximum absolute atomic E-state index is 9.67. The summed E-state index contributed by atoms with van der Waals surface area (Å²) in [5, 5.41) is 9.86. The van der Waals surface area contributed by atoms with Crippen LogP contribution in [0.1, 0.15) is 33.6 Å². The first-order valence-electron chi connectivity index (χ1n) is 5.71. The van der Waals surface area contributed by atoms with Crippen LogP contribution in [-0.2, 0) is 9.16 Å². The lowest BCUT2D eigenvalue weighted by molar-refractivity contribution is -0.180. The molecule has 90 valence electrons. The smallest absolute Gasteiger partial charge is 0.192 e. The Kier molecular flexibility index (Phi) is 3.98. The monoisotopic (exact) mass is 232 g/mol. The van der Waals surface area contributed by atoms with Crippen molar-refractivity contribution >= 4 is 8.32 Å². The molecule has 3 nitrogen and oxygen atoms in total. The first kappa shape index (κ1) is 13.2. The Morgan fingerprint density at radius 3 is 2.40 bits per heavy atom. The fourth-order valence-corrected chi connectivity index (χ4v) is 2.76. The highest BCUT2D eigenvalue weighted by molar-refractivity contribution is 6.74. The molecule has 0 aromatic rings. The molecule has 2 atom stereocenters. The molecule has 0 radical (unpaired) electrons. The average Bonchev–Trinajstić information content (AvgIpc) is 2.06. The zero-order valence-corrected chi connectivity index (χ0v) is 11.5. The molecule has 0 aliphatic carbocycles. The molecule has 1 saturated heterocycles. The van der Waals surface area contributed by atoms with Gasteiger partial charge in [-0.15, -0.1) is 0 Å². The van der Waals surface area contributed by atoms with Crippen LogP contribution < -0.4 is 0 Å². The standard InChI is InChI=1S/C11H24O3Si/c1-11(2,3)15(4,5)14-9-7-6-8-13-10(9)12/h9-10,12H,6-8H2,1-5H3/t9-,10+/m1/s1. The molecular formula is C11H24O3Si. The SMILES string of the molecule is CC(C)(C)[Si](C)(C)O[C@@H]1CCCO[C@@H]1O. The fourth-order valence-electron chi connectivity index (χ4n) is 1.41. The molecule has 0 unspecified atom stereocenters. The zero-order valence-electron chi connectivity index (χ0n) is 10.5. The Morgan fingerprint density at radius 2 is 1.93 bits per heavy atom. The van der Waals surface area contributed by atoms with Crippen LogP contribution in [0.25, 0.3) is 0 Å². The van der Waals surface area contributed by atoms with Crippen LogP contribution in [0.5, 0.6) is 0 Å². The average molecular weight is 232 g/mol. The lowest BCUT2D eigenvalue weighted by Crippen LogP contribution is -2.48. The predicted octanol–water partition coefficient (Wildman–Crippen LogP) is 2.51. The van der Waals surface area contributed by atoms with E-state index in [4.69, 9.17) is 9.16 Å². The highest BCUT2D eigenvalue weighted by Gasteiger charge is 2.41. The van der Waals surface area contributed by atoms with Crippen LogP contribution in [0.15, 0.2) is 0 Å². The molecule has 1 aliphatic rings. The molecule has 0 amide bonds. The van der Waals surface area contributed by atoms with E-state index < -0.39 is 14.6 Å². The molecule has 0 aromatic heterocycles. The second-order valence-electron chi connectivity index (χ2n) is 5.82. The lowest BCUT2D eigenvalue weighted by Gasteiger charge is -2.41. The second-order valence-corrected chi connectivity index (χ2v) is 10.6. The summed E-state index contributed by atoms with van der Waals surface area (Å²) in [4.78, 5) is 0. The van der Waals surface area contributed by atoms with Crippen molar-refractivity contribution in [3.8, 4) is 0 Å². The van der Waals surface area contributed by atoms with Gasteiger partial charge in [-0.2, -0.15) is 0 Å². The van der Waals surface area contributed by atoms with Gasteiger partial charge in [0.25, 0.3) is 0 Å². The van der Waals surface area contributed by atoms with E-state index in [2.05, 4.69) is 33.9 Å². The molecule has 15 heavy (non-hydrogen) atoms. The largest absolute Gasteiger partial charge is 0.409 e. The van der Waals surface area contributed by atoms with Gasteiger partial charge in [-0.3, -0.25) is 0 Å².